The van der Waals surface area contributed by atoms with Crippen molar-refractivity contribution in [3.05, 3.63) is 22.9 Å². The van der Waals surface area contributed by atoms with Crippen molar-refractivity contribution in [2.45, 2.75) is 62.4 Å². The minimum absolute atomic E-state index is 0.176. The van der Waals surface area contributed by atoms with E-state index in [4.69, 9.17) is 24.9 Å². The SMILES string of the molecule is CC(=O)O[C@@H](C)C(=O)NC(C)C(=O)N1CCC(Cn2c(Sc3cc4c(cc3Br)OCCO4)nc3c(N)ncnc32)CC1. The van der Waals surface area contributed by atoms with Crippen LogP contribution < -0.4 is 20.5 Å². The van der Waals surface area contributed by atoms with Gasteiger partial charge in [0.1, 0.15) is 25.6 Å². The van der Waals surface area contributed by atoms with Gasteiger partial charge in [0.05, 0.1) is 0 Å². The Morgan fingerprint density at radius 2 is 1.86 bits per heavy atom. The molecule has 13 nitrogen and oxygen atoms in total. The first-order valence-corrected chi connectivity index (χ1v) is 15.2. The zero-order chi connectivity index (χ0) is 30.0. The average Bonchev–Trinajstić information content (AvgIpc) is 3.30. The number of benzene rings is 1. The highest BCUT2D eigenvalue weighted by molar-refractivity contribution is 9.10. The number of piperidine rings is 1. The third-order valence-corrected chi connectivity index (χ3v) is 9.10. The second-order valence-electron chi connectivity index (χ2n) is 10.2. The molecule has 42 heavy (non-hydrogen) atoms. The predicted molar refractivity (Wildman–Crippen MR) is 157 cm³/mol. The number of likely N-dealkylation sites (tertiary alicyclic amines) is 1. The number of esters is 1. The molecule has 1 saturated heterocycles. The number of amides is 2. The van der Waals surface area contributed by atoms with Gasteiger partial charge in [0.2, 0.25) is 5.91 Å². The number of halogens is 1. The van der Waals surface area contributed by atoms with Crippen molar-refractivity contribution in [3.8, 4) is 11.5 Å². The first kappa shape index (κ1) is 29.9. The van der Waals surface area contributed by atoms with Crippen molar-refractivity contribution in [2.75, 3.05) is 32.0 Å². The van der Waals surface area contributed by atoms with Crippen LogP contribution in [0, 0.1) is 5.92 Å². The molecule has 2 aliphatic rings. The van der Waals surface area contributed by atoms with E-state index < -0.39 is 24.0 Å². The van der Waals surface area contributed by atoms with E-state index in [9.17, 15) is 14.4 Å². The minimum atomic E-state index is -0.971. The molecule has 2 amide bonds. The number of nitrogen functional groups attached to an aromatic ring is 1. The molecule has 0 radical (unpaired) electrons. The lowest BCUT2D eigenvalue weighted by Crippen LogP contribution is -2.51. The number of nitrogens with zero attached hydrogens (tertiary/aromatic N) is 5. The third-order valence-electron chi connectivity index (χ3n) is 7.13. The topological polar surface area (TPSA) is 164 Å². The number of aromatic nitrogens is 4. The van der Waals surface area contributed by atoms with Crippen molar-refractivity contribution in [2.24, 2.45) is 5.92 Å². The number of carbonyl (C=O) groups excluding carboxylic acids is 3. The van der Waals surface area contributed by atoms with Crippen LogP contribution in [0.5, 0.6) is 11.5 Å². The maximum Gasteiger partial charge on any atom is 0.303 e. The summed E-state index contributed by atoms with van der Waals surface area (Å²) in [6.45, 7) is 7.05. The van der Waals surface area contributed by atoms with Crippen LogP contribution in [-0.4, -0.2) is 80.7 Å². The molecule has 5 rings (SSSR count). The zero-order valence-electron chi connectivity index (χ0n) is 23.5. The van der Waals surface area contributed by atoms with Crippen molar-refractivity contribution in [3.63, 3.8) is 0 Å². The number of hydrogen-bond donors (Lipinski definition) is 2. The van der Waals surface area contributed by atoms with Crippen molar-refractivity contribution in [1.29, 1.82) is 0 Å². The van der Waals surface area contributed by atoms with Gasteiger partial charge in [-0.15, -0.1) is 0 Å². The number of anilines is 1. The van der Waals surface area contributed by atoms with Gasteiger partial charge in [0, 0.05) is 35.9 Å². The lowest BCUT2D eigenvalue weighted by molar-refractivity contribution is -0.153. The van der Waals surface area contributed by atoms with E-state index in [2.05, 4.69) is 35.8 Å². The number of rotatable bonds is 8. The van der Waals surface area contributed by atoms with Gasteiger partial charge >= 0.3 is 5.97 Å². The normalized spacial score (nSPS) is 16.6. The fourth-order valence-corrected chi connectivity index (χ4v) is 6.45. The maximum absolute atomic E-state index is 13.0. The van der Waals surface area contributed by atoms with E-state index in [1.54, 1.807) is 11.8 Å². The number of ether oxygens (including phenoxy) is 3. The molecule has 1 unspecified atom stereocenters. The van der Waals surface area contributed by atoms with Crippen LogP contribution in [-0.2, 0) is 25.7 Å². The second-order valence-corrected chi connectivity index (χ2v) is 12.1. The molecule has 15 heteroatoms. The number of nitrogens with two attached hydrogens (primary N) is 1. The Labute approximate surface area is 255 Å². The van der Waals surface area contributed by atoms with E-state index in [-0.39, 0.29) is 11.8 Å². The molecule has 1 aromatic carbocycles. The monoisotopic (exact) mass is 661 g/mol. The van der Waals surface area contributed by atoms with E-state index >= 15 is 0 Å². The second kappa shape index (κ2) is 12.7. The molecule has 0 aliphatic carbocycles. The molecule has 3 N–H and O–H groups in total. The largest absolute Gasteiger partial charge is 0.486 e. The quantitative estimate of drug-likeness (QED) is 0.341. The lowest BCUT2D eigenvalue weighted by atomic mass is 9.96. The molecule has 2 aliphatic heterocycles. The van der Waals surface area contributed by atoms with E-state index in [1.165, 1.54) is 31.9 Å². The summed E-state index contributed by atoms with van der Waals surface area (Å²) in [5, 5.41) is 3.35. The van der Waals surface area contributed by atoms with Crippen molar-refractivity contribution in [1.82, 2.24) is 29.7 Å². The van der Waals surface area contributed by atoms with Gasteiger partial charge in [0.25, 0.3) is 5.91 Å². The number of carbonyl (C=O) groups is 3. The Bertz CT molecular complexity index is 1510. The van der Waals surface area contributed by atoms with E-state index in [0.29, 0.717) is 66.5 Å². The molecule has 2 aromatic heterocycles. The highest BCUT2D eigenvalue weighted by Gasteiger charge is 2.30. The highest BCUT2D eigenvalue weighted by Crippen LogP contribution is 2.42. The maximum atomic E-state index is 13.0. The van der Waals surface area contributed by atoms with Gasteiger partial charge < -0.3 is 34.7 Å². The number of nitrogens with one attached hydrogen (secondary N) is 1. The van der Waals surface area contributed by atoms with Gasteiger partial charge in [-0.1, -0.05) is 11.8 Å². The van der Waals surface area contributed by atoms with Crippen LogP contribution in [0.2, 0.25) is 0 Å². The fraction of sp³-hybridized carbons (Fsp3) is 0.481. The molecule has 4 heterocycles. The molecule has 0 saturated carbocycles. The van der Waals surface area contributed by atoms with E-state index in [1.807, 2.05) is 12.1 Å². The number of imidazole rings is 1. The van der Waals surface area contributed by atoms with Gasteiger partial charge in [-0.3, -0.25) is 14.4 Å². The molecule has 1 fully saturated rings. The summed E-state index contributed by atoms with van der Waals surface area (Å²) in [6, 6.07) is 3.08. The first-order chi connectivity index (χ1) is 20.1. The van der Waals surface area contributed by atoms with Crippen molar-refractivity contribution < 1.29 is 28.6 Å². The summed E-state index contributed by atoms with van der Waals surface area (Å²) >= 11 is 5.11. The molecule has 2 atom stereocenters. The van der Waals surface area contributed by atoms with Crippen molar-refractivity contribution >= 4 is 62.5 Å². The van der Waals surface area contributed by atoms with E-state index in [0.717, 1.165) is 22.2 Å². The van der Waals surface area contributed by atoms with Gasteiger partial charge in [-0.05, 0) is 60.7 Å². The zero-order valence-corrected chi connectivity index (χ0v) is 25.9. The van der Waals surface area contributed by atoms with Crippen LogP contribution in [0.4, 0.5) is 5.82 Å². The Balaban J connectivity index is 1.27. The molecule has 0 spiro atoms. The first-order valence-electron chi connectivity index (χ1n) is 13.6. The summed E-state index contributed by atoms with van der Waals surface area (Å²) in [4.78, 5) is 52.5. The fourth-order valence-electron chi connectivity index (χ4n) is 4.96. The van der Waals surface area contributed by atoms with Gasteiger partial charge in [0.15, 0.2) is 39.7 Å². The Hall–Kier alpha value is -3.59. The summed E-state index contributed by atoms with van der Waals surface area (Å²) in [7, 11) is 0. The standard InChI is InChI=1S/C27H32BrN7O6S/c1-14(32-25(37)15(2)41-16(3)36)26(38)34-6-4-17(5-7-34)12-35-24-22(23(29)30-13-31-24)33-27(35)42-21-11-20-19(10-18(21)28)39-8-9-40-20/h10-11,13-15,17H,4-9,12H2,1-3H3,(H,32,37)(H2,29,30,31)/t14?,15-/m0/s1. The van der Waals surface area contributed by atoms with Crippen LogP contribution in [0.1, 0.15) is 33.6 Å². The highest BCUT2D eigenvalue weighted by atomic mass is 79.9. The third kappa shape index (κ3) is 6.56. The number of fused-ring (bicyclic) bond motifs is 2. The predicted octanol–water partition coefficient (Wildman–Crippen LogP) is 2.79. The summed E-state index contributed by atoms with van der Waals surface area (Å²) in [6.07, 6.45) is 1.98. The molecule has 224 valence electrons. The molecular weight excluding hydrogens is 630 g/mol. The summed E-state index contributed by atoms with van der Waals surface area (Å²) in [5.41, 5.74) is 7.35. The van der Waals surface area contributed by atoms with Crippen LogP contribution in [0.15, 0.2) is 33.0 Å². The van der Waals surface area contributed by atoms with Crippen LogP contribution in [0.3, 0.4) is 0 Å². The molecular formula is C27H32BrN7O6S. The summed E-state index contributed by atoms with van der Waals surface area (Å²) in [5.74, 6) is 0.682. The van der Waals surface area contributed by atoms with Gasteiger partial charge in [-0.2, -0.15) is 0 Å². The molecule has 3 aromatic rings. The Kier molecular flexibility index (Phi) is 9.06. The molecule has 0 bridgehead atoms. The van der Waals surface area contributed by atoms with Crippen LogP contribution in [0.25, 0.3) is 11.2 Å². The average molecular weight is 663 g/mol. The Morgan fingerprint density at radius 1 is 1.17 bits per heavy atom. The number of hydrogen-bond acceptors (Lipinski definition) is 11. The lowest BCUT2D eigenvalue weighted by Gasteiger charge is -2.34. The summed E-state index contributed by atoms with van der Waals surface area (Å²) < 4.78 is 19.3. The minimum Gasteiger partial charge on any atom is -0.486 e. The van der Waals surface area contributed by atoms with Crippen LogP contribution >= 0.6 is 27.7 Å². The van der Waals surface area contributed by atoms with Gasteiger partial charge in [-0.25, -0.2) is 15.0 Å². The Morgan fingerprint density at radius 3 is 2.55 bits per heavy atom. The smallest absolute Gasteiger partial charge is 0.303 e.